The molecule has 17 heavy (non-hydrogen) atoms. The molecule has 1 saturated heterocycles. The van der Waals surface area contributed by atoms with Crippen molar-refractivity contribution in [3.8, 4) is 0 Å². The van der Waals surface area contributed by atoms with Gasteiger partial charge in [-0.1, -0.05) is 48.0 Å². The predicted molar refractivity (Wildman–Crippen MR) is 78.8 cm³/mol. The molecule has 2 rings (SSSR count). The van der Waals surface area contributed by atoms with Gasteiger partial charge in [0.2, 0.25) is 0 Å². The van der Waals surface area contributed by atoms with Crippen LogP contribution in [0.15, 0.2) is 0 Å². The Morgan fingerprint density at radius 2 is 1.59 bits per heavy atom. The maximum absolute atomic E-state index is 3.49. The van der Waals surface area contributed by atoms with Gasteiger partial charge >= 0.3 is 0 Å². The molecular formula is C15H28BrN. The molecule has 0 aromatic rings. The molecule has 2 heteroatoms. The molecule has 1 nitrogen and oxygen atoms in total. The van der Waals surface area contributed by atoms with Gasteiger partial charge in [-0.05, 0) is 44.6 Å². The monoisotopic (exact) mass is 301 g/mol. The number of hydrogen-bond acceptors (Lipinski definition) is 1. The van der Waals surface area contributed by atoms with E-state index in [2.05, 4.69) is 20.8 Å². The second-order valence-corrected chi connectivity index (χ2v) is 6.78. The molecule has 1 saturated carbocycles. The normalized spacial score (nSPS) is 28.1. The van der Waals surface area contributed by atoms with Gasteiger partial charge in [-0.3, -0.25) is 0 Å². The van der Waals surface area contributed by atoms with Gasteiger partial charge in [-0.2, -0.15) is 0 Å². The Morgan fingerprint density at radius 1 is 0.882 bits per heavy atom. The molecule has 2 atom stereocenters. The van der Waals surface area contributed by atoms with E-state index in [-0.39, 0.29) is 0 Å². The number of likely N-dealkylation sites (tertiary alicyclic amines) is 1. The van der Waals surface area contributed by atoms with E-state index in [4.69, 9.17) is 0 Å². The zero-order valence-corrected chi connectivity index (χ0v) is 12.8. The van der Waals surface area contributed by atoms with Crippen molar-refractivity contribution in [2.24, 2.45) is 5.92 Å². The Kier molecular flexibility index (Phi) is 6.35. The maximum atomic E-state index is 3.49. The lowest BCUT2D eigenvalue weighted by atomic mass is 10.1. The second-order valence-electron chi connectivity index (χ2n) is 5.99. The van der Waals surface area contributed by atoms with Crippen LogP contribution in [0.4, 0.5) is 0 Å². The summed E-state index contributed by atoms with van der Waals surface area (Å²) in [6, 6.07) is 0.985. The maximum Gasteiger partial charge on any atom is 0.00985 e. The van der Waals surface area contributed by atoms with Crippen molar-refractivity contribution in [1.82, 2.24) is 4.90 Å². The average Bonchev–Trinajstić information content (AvgIpc) is 2.94. The van der Waals surface area contributed by atoms with Gasteiger partial charge in [-0.15, -0.1) is 0 Å². The average molecular weight is 302 g/mol. The first-order valence-corrected chi connectivity index (χ1v) is 8.82. The molecule has 100 valence electrons. The van der Waals surface area contributed by atoms with Gasteiger partial charge in [0.1, 0.15) is 0 Å². The first-order valence-electron chi connectivity index (χ1n) is 7.70. The lowest BCUT2D eigenvalue weighted by Gasteiger charge is -2.26. The highest BCUT2D eigenvalue weighted by molar-refractivity contribution is 9.09. The number of piperidine rings is 1. The summed E-state index contributed by atoms with van der Waals surface area (Å²) in [6.45, 7) is 2.82. The van der Waals surface area contributed by atoms with Crippen molar-refractivity contribution in [3.05, 3.63) is 0 Å². The number of rotatable bonds is 9. The number of nitrogens with zero attached hydrogens (tertiary/aromatic N) is 1. The van der Waals surface area contributed by atoms with E-state index in [1.54, 1.807) is 0 Å². The lowest BCUT2D eigenvalue weighted by molar-refractivity contribution is 0.209. The first-order chi connectivity index (χ1) is 8.40. The number of fused-ring (bicyclic) bond motifs is 2. The summed E-state index contributed by atoms with van der Waals surface area (Å²) < 4.78 is 0. The molecule has 2 bridgehead atoms. The molecule has 0 spiro atoms. The summed E-state index contributed by atoms with van der Waals surface area (Å²) in [6.07, 6.45) is 14.6. The fourth-order valence-corrected chi connectivity index (χ4v) is 3.99. The third-order valence-electron chi connectivity index (χ3n) is 4.60. The van der Waals surface area contributed by atoms with E-state index in [9.17, 15) is 0 Å². The van der Waals surface area contributed by atoms with Crippen molar-refractivity contribution < 1.29 is 0 Å². The van der Waals surface area contributed by atoms with Crippen molar-refractivity contribution >= 4 is 15.9 Å². The van der Waals surface area contributed by atoms with Gasteiger partial charge < -0.3 is 4.90 Å². The highest BCUT2D eigenvalue weighted by Gasteiger charge is 2.36. The van der Waals surface area contributed by atoms with Crippen LogP contribution in [0.3, 0.4) is 0 Å². The van der Waals surface area contributed by atoms with Gasteiger partial charge in [-0.25, -0.2) is 0 Å². The SMILES string of the molecule is BrCCCCCCCCCN1CC2CCC1C2. The van der Waals surface area contributed by atoms with Crippen LogP contribution in [0, 0.1) is 5.92 Å². The quantitative estimate of drug-likeness (QED) is 0.444. The van der Waals surface area contributed by atoms with Crippen LogP contribution in [-0.2, 0) is 0 Å². The molecule has 0 amide bonds. The highest BCUT2D eigenvalue weighted by Crippen LogP contribution is 2.37. The fourth-order valence-electron chi connectivity index (χ4n) is 3.59. The highest BCUT2D eigenvalue weighted by atomic mass is 79.9. The van der Waals surface area contributed by atoms with Crippen LogP contribution in [0.1, 0.15) is 64.2 Å². The third kappa shape index (κ3) is 4.55. The topological polar surface area (TPSA) is 3.24 Å². The Bertz CT molecular complexity index is 207. The summed E-state index contributed by atoms with van der Waals surface area (Å²) in [7, 11) is 0. The zero-order valence-electron chi connectivity index (χ0n) is 11.2. The fraction of sp³-hybridized carbons (Fsp3) is 1.00. The van der Waals surface area contributed by atoms with E-state index >= 15 is 0 Å². The summed E-state index contributed by atoms with van der Waals surface area (Å²) >= 11 is 3.49. The molecule has 0 N–H and O–H groups in total. The van der Waals surface area contributed by atoms with E-state index in [1.165, 1.54) is 82.6 Å². The second kappa shape index (κ2) is 7.78. The van der Waals surface area contributed by atoms with E-state index in [0.29, 0.717) is 0 Å². The van der Waals surface area contributed by atoms with Crippen LogP contribution in [0.5, 0.6) is 0 Å². The molecule has 0 aromatic heterocycles. The number of hydrogen-bond donors (Lipinski definition) is 0. The molecule has 2 aliphatic rings. The van der Waals surface area contributed by atoms with Crippen molar-refractivity contribution in [1.29, 1.82) is 0 Å². The van der Waals surface area contributed by atoms with E-state index < -0.39 is 0 Å². The van der Waals surface area contributed by atoms with Gasteiger partial charge in [0, 0.05) is 17.9 Å². The van der Waals surface area contributed by atoms with Crippen molar-refractivity contribution in [2.75, 3.05) is 18.4 Å². The zero-order chi connectivity index (χ0) is 11.9. The molecule has 1 heterocycles. The lowest BCUT2D eigenvalue weighted by Crippen LogP contribution is -2.32. The molecule has 0 radical (unpaired) electrons. The standard InChI is InChI=1S/C15H28BrN/c16-10-6-4-2-1-3-5-7-11-17-13-14-8-9-15(17)12-14/h14-15H,1-13H2. The van der Waals surface area contributed by atoms with Crippen molar-refractivity contribution in [2.45, 2.75) is 70.3 Å². The molecule has 1 aliphatic carbocycles. The van der Waals surface area contributed by atoms with Crippen LogP contribution >= 0.6 is 15.9 Å². The van der Waals surface area contributed by atoms with Gasteiger partial charge in [0.05, 0.1) is 0 Å². The van der Waals surface area contributed by atoms with Crippen molar-refractivity contribution in [3.63, 3.8) is 0 Å². The number of alkyl halides is 1. The summed E-state index contributed by atoms with van der Waals surface area (Å²) in [5.74, 6) is 1.07. The summed E-state index contributed by atoms with van der Waals surface area (Å²) in [5, 5.41) is 1.19. The molecule has 0 aromatic carbocycles. The van der Waals surface area contributed by atoms with Crippen LogP contribution in [-0.4, -0.2) is 29.4 Å². The van der Waals surface area contributed by atoms with Gasteiger partial charge in [0.25, 0.3) is 0 Å². The number of halogens is 1. The molecule has 2 fully saturated rings. The third-order valence-corrected chi connectivity index (χ3v) is 5.16. The van der Waals surface area contributed by atoms with Gasteiger partial charge in [0.15, 0.2) is 0 Å². The molecular weight excluding hydrogens is 274 g/mol. The predicted octanol–water partition coefficient (Wildman–Crippen LogP) is 4.60. The molecule has 1 aliphatic heterocycles. The largest absolute Gasteiger partial charge is 0.300 e. The summed E-state index contributed by atoms with van der Waals surface area (Å²) in [4.78, 5) is 2.78. The minimum atomic E-state index is 0.985. The Hall–Kier alpha value is 0.440. The smallest absolute Gasteiger partial charge is 0.00985 e. The minimum Gasteiger partial charge on any atom is -0.300 e. The Balaban J connectivity index is 1.39. The van der Waals surface area contributed by atoms with E-state index in [1.807, 2.05) is 0 Å². The minimum absolute atomic E-state index is 0.985. The summed E-state index contributed by atoms with van der Waals surface area (Å²) in [5.41, 5.74) is 0. The number of unbranched alkanes of at least 4 members (excludes halogenated alkanes) is 6. The Labute approximate surface area is 115 Å². The first kappa shape index (κ1) is 13.9. The van der Waals surface area contributed by atoms with E-state index in [0.717, 1.165) is 12.0 Å². The molecule has 2 unspecified atom stereocenters. The van der Waals surface area contributed by atoms with Crippen LogP contribution in [0.25, 0.3) is 0 Å². The van der Waals surface area contributed by atoms with Crippen LogP contribution < -0.4 is 0 Å². The Morgan fingerprint density at radius 3 is 2.18 bits per heavy atom. The van der Waals surface area contributed by atoms with Crippen LogP contribution in [0.2, 0.25) is 0 Å².